The summed E-state index contributed by atoms with van der Waals surface area (Å²) in [6.45, 7) is 5.80. The molecular weight excluding hydrogens is 236 g/mol. The molecule has 19 heavy (non-hydrogen) atoms. The van der Waals surface area contributed by atoms with Gasteiger partial charge in [-0.2, -0.15) is 0 Å². The molecule has 3 nitrogen and oxygen atoms in total. The van der Waals surface area contributed by atoms with Gasteiger partial charge in [-0.05, 0) is 50.3 Å². The van der Waals surface area contributed by atoms with E-state index in [2.05, 4.69) is 29.3 Å². The molecule has 1 aromatic rings. The Kier molecular flexibility index (Phi) is 2.92. The van der Waals surface area contributed by atoms with E-state index in [9.17, 15) is 0 Å². The summed E-state index contributed by atoms with van der Waals surface area (Å²) in [5, 5.41) is 3.72. The van der Waals surface area contributed by atoms with Crippen LogP contribution in [-0.4, -0.2) is 30.1 Å². The molecule has 3 fully saturated rings. The van der Waals surface area contributed by atoms with E-state index in [0.29, 0.717) is 12.0 Å². The first-order valence-corrected chi connectivity index (χ1v) is 7.87. The lowest BCUT2D eigenvalue weighted by atomic mass is 10.1. The minimum absolute atomic E-state index is 0.677. The van der Waals surface area contributed by atoms with Crippen molar-refractivity contribution in [2.24, 2.45) is 5.92 Å². The third-order valence-electron chi connectivity index (χ3n) is 5.30. The second-order valence-corrected chi connectivity index (χ2v) is 6.65. The third kappa shape index (κ3) is 2.23. The zero-order valence-corrected chi connectivity index (χ0v) is 11.8. The van der Waals surface area contributed by atoms with Gasteiger partial charge in [0.1, 0.15) is 11.5 Å². The van der Waals surface area contributed by atoms with Gasteiger partial charge in [-0.1, -0.05) is 6.92 Å². The molecular formula is C16H24N2O. The van der Waals surface area contributed by atoms with Crippen molar-refractivity contribution < 1.29 is 4.42 Å². The summed E-state index contributed by atoms with van der Waals surface area (Å²) in [4.78, 5) is 2.65. The molecule has 0 radical (unpaired) electrons. The maximum absolute atomic E-state index is 5.97. The number of nitrogens with zero attached hydrogens (tertiary/aromatic N) is 1. The molecule has 3 heterocycles. The van der Waals surface area contributed by atoms with Crippen molar-refractivity contribution in [1.29, 1.82) is 0 Å². The van der Waals surface area contributed by atoms with Crippen LogP contribution in [0, 0.1) is 5.92 Å². The van der Waals surface area contributed by atoms with Crippen LogP contribution in [0.1, 0.15) is 50.0 Å². The van der Waals surface area contributed by atoms with E-state index >= 15 is 0 Å². The van der Waals surface area contributed by atoms with Crippen LogP contribution in [0.4, 0.5) is 0 Å². The minimum Gasteiger partial charge on any atom is -0.464 e. The lowest BCUT2D eigenvalue weighted by molar-refractivity contribution is 0.295. The number of furan rings is 1. The fourth-order valence-electron chi connectivity index (χ4n) is 3.96. The van der Waals surface area contributed by atoms with Gasteiger partial charge in [0, 0.05) is 24.5 Å². The molecule has 3 aliphatic rings. The first-order chi connectivity index (χ1) is 9.31. The van der Waals surface area contributed by atoms with Crippen LogP contribution in [-0.2, 0) is 6.54 Å². The Morgan fingerprint density at radius 3 is 3.05 bits per heavy atom. The van der Waals surface area contributed by atoms with E-state index in [-0.39, 0.29) is 0 Å². The normalized spacial score (nSPS) is 37.7. The molecule has 1 aromatic heterocycles. The molecule has 0 spiro atoms. The number of hydrogen-bond donors (Lipinski definition) is 1. The maximum Gasteiger partial charge on any atom is 0.117 e. The molecule has 1 saturated carbocycles. The van der Waals surface area contributed by atoms with Crippen molar-refractivity contribution in [2.75, 3.05) is 13.1 Å². The SMILES string of the molecule is CC1CC1c1ccc(CNC2CCN3CCCC23)o1. The topological polar surface area (TPSA) is 28.4 Å². The van der Waals surface area contributed by atoms with E-state index < -0.39 is 0 Å². The lowest BCUT2D eigenvalue weighted by Crippen LogP contribution is -2.38. The number of fused-ring (bicyclic) bond motifs is 1. The average Bonchev–Trinajstić information content (AvgIpc) is 2.85. The van der Waals surface area contributed by atoms with E-state index in [1.54, 1.807) is 0 Å². The Morgan fingerprint density at radius 2 is 2.21 bits per heavy atom. The predicted molar refractivity (Wildman–Crippen MR) is 75.1 cm³/mol. The highest BCUT2D eigenvalue weighted by atomic mass is 16.3. The largest absolute Gasteiger partial charge is 0.464 e. The third-order valence-corrected chi connectivity index (χ3v) is 5.30. The van der Waals surface area contributed by atoms with Crippen molar-refractivity contribution in [1.82, 2.24) is 10.2 Å². The Labute approximate surface area is 115 Å². The van der Waals surface area contributed by atoms with Gasteiger partial charge >= 0.3 is 0 Å². The smallest absolute Gasteiger partial charge is 0.117 e. The van der Waals surface area contributed by atoms with Crippen molar-refractivity contribution >= 4 is 0 Å². The predicted octanol–water partition coefficient (Wildman–Crippen LogP) is 2.73. The average molecular weight is 260 g/mol. The summed E-state index contributed by atoms with van der Waals surface area (Å²) in [5.74, 6) is 3.85. The van der Waals surface area contributed by atoms with Gasteiger partial charge in [0.2, 0.25) is 0 Å². The number of hydrogen-bond acceptors (Lipinski definition) is 3. The zero-order valence-electron chi connectivity index (χ0n) is 11.8. The van der Waals surface area contributed by atoms with Crippen LogP contribution in [0.3, 0.4) is 0 Å². The van der Waals surface area contributed by atoms with E-state index in [0.717, 1.165) is 24.3 Å². The molecule has 4 unspecified atom stereocenters. The molecule has 0 amide bonds. The molecule has 3 heteroatoms. The van der Waals surface area contributed by atoms with Crippen LogP contribution in [0.5, 0.6) is 0 Å². The Balaban J connectivity index is 1.33. The van der Waals surface area contributed by atoms with Crippen LogP contribution in [0.2, 0.25) is 0 Å². The summed E-state index contributed by atoms with van der Waals surface area (Å²) in [5.41, 5.74) is 0. The quantitative estimate of drug-likeness (QED) is 0.902. The van der Waals surface area contributed by atoms with Crippen LogP contribution < -0.4 is 5.32 Å². The molecule has 4 rings (SSSR count). The van der Waals surface area contributed by atoms with Crippen molar-refractivity contribution in [3.05, 3.63) is 23.7 Å². The first kappa shape index (κ1) is 12.0. The molecule has 1 N–H and O–H groups in total. The Morgan fingerprint density at radius 1 is 1.32 bits per heavy atom. The molecule has 4 atom stereocenters. The van der Waals surface area contributed by atoms with Gasteiger partial charge in [0.25, 0.3) is 0 Å². The summed E-state index contributed by atoms with van der Waals surface area (Å²) >= 11 is 0. The molecule has 0 bridgehead atoms. The van der Waals surface area contributed by atoms with Gasteiger partial charge in [0.05, 0.1) is 6.54 Å². The first-order valence-electron chi connectivity index (χ1n) is 7.87. The summed E-state index contributed by atoms with van der Waals surface area (Å²) in [6.07, 6.45) is 5.37. The van der Waals surface area contributed by atoms with Gasteiger partial charge in [-0.25, -0.2) is 0 Å². The summed E-state index contributed by atoms with van der Waals surface area (Å²) < 4.78 is 5.97. The zero-order chi connectivity index (χ0) is 12.8. The van der Waals surface area contributed by atoms with E-state index in [1.807, 2.05) is 0 Å². The van der Waals surface area contributed by atoms with E-state index in [1.165, 1.54) is 44.5 Å². The van der Waals surface area contributed by atoms with E-state index in [4.69, 9.17) is 4.42 Å². The standard InChI is InChI=1S/C16H24N2O/c1-11-9-13(11)16-5-4-12(19-16)10-17-14-6-8-18-7-2-3-15(14)18/h4-5,11,13-15,17H,2-3,6-10H2,1H3. The summed E-state index contributed by atoms with van der Waals surface area (Å²) in [6, 6.07) is 5.81. The second-order valence-electron chi connectivity index (χ2n) is 6.65. The van der Waals surface area contributed by atoms with Gasteiger partial charge < -0.3 is 9.73 Å². The molecule has 0 aromatic carbocycles. The highest BCUT2D eigenvalue weighted by molar-refractivity contribution is 5.17. The number of rotatable bonds is 4. The second kappa shape index (κ2) is 4.64. The maximum atomic E-state index is 5.97. The number of nitrogens with one attached hydrogen (secondary N) is 1. The highest BCUT2D eigenvalue weighted by Gasteiger charge is 2.38. The van der Waals surface area contributed by atoms with Crippen LogP contribution >= 0.6 is 0 Å². The van der Waals surface area contributed by atoms with Crippen molar-refractivity contribution in [3.63, 3.8) is 0 Å². The monoisotopic (exact) mass is 260 g/mol. The fourth-order valence-corrected chi connectivity index (χ4v) is 3.96. The molecule has 1 aliphatic carbocycles. The van der Waals surface area contributed by atoms with Crippen molar-refractivity contribution in [2.45, 2.75) is 57.2 Å². The lowest BCUT2D eigenvalue weighted by Gasteiger charge is -2.20. The highest BCUT2D eigenvalue weighted by Crippen LogP contribution is 2.47. The van der Waals surface area contributed by atoms with Gasteiger partial charge in [0.15, 0.2) is 0 Å². The van der Waals surface area contributed by atoms with Crippen LogP contribution in [0.15, 0.2) is 16.5 Å². The Hall–Kier alpha value is -0.800. The molecule has 104 valence electrons. The molecule has 2 aliphatic heterocycles. The molecule has 2 saturated heterocycles. The van der Waals surface area contributed by atoms with Crippen LogP contribution in [0.25, 0.3) is 0 Å². The van der Waals surface area contributed by atoms with Crippen molar-refractivity contribution in [3.8, 4) is 0 Å². The van der Waals surface area contributed by atoms with Gasteiger partial charge in [-0.15, -0.1) is 0 Å². The Bertz CT molecular complexity index is 455. The fraction of sp³-hybridized carbons (Fsp3) is 0.750. The minimum atomic E-state index is 0.677. The summed E-state index contributed by atoms with van der Waals surface area (Å²) in [7, 11) is 0. The van der Waals surface area contributed by atoms with Gasteiger partial charge in [-0.3, -0.25) is 4.90 Å².